The van der Waals surface area contributed by atoms with Crippen molar-refractivity contribution >= 4 is 21.8 Å². The van der Waals surface area contributed by atoms with Crippen molar-refractivity contribution in [1.82, 2.24) is 15.0 Å². The van der Waals surface area contributed by atoms with E-state index in [1.165, 1.54) is 7.11 Å². The van der Waals surface area contributed by atoms with E-state index in [-0.39, 0.29) is 23.1 Å². The molecule has 6 nitrogen and oxygen atoms in total. The number of alkyl halides is 1. The van der Waals surface area contributed by atoms with Gasteiger partial charge in [-0.05, 0) is 35.7 Å². The molecule has 0 saturated carbocycles. The summed E-state index contributed by atoms with van der Waals surface area (Å²) in [6, 6.07) is 11.3. The van der Waals surface area contributed by atoms with Crippen LogP contribution < -0.4 is 16.0 Å². The van der Waals surface area contributed by atoms with Gasteiger partial charge in [0.1, 0.15) is 6.67 Å². The average molecular weight is 392 g/mol. The molecule has 3 N–H and O–H groups in total. The minimum atomic E-state index is -0.839. The van der Waals surface area contributed by atoms with E-state index in [0.29, 0.717) is 33.9 Å². The Hall–Kier alpha value is -3.32. The second kappa shape index (κ2) is 7.60. The number of hydrogen-bond donors (Lipinski definition) is 2. The molecule has 148 valence electrons. The monoisotopic (exact) mass is 392 g/mol. The van der Waals surface area contributed by atoms with Crippen molar-refractivity contribution in [3.63, 3.8) is 0 Å². The highest BCUT2D eigenvalue weighted by atomic mass is 19.1. The predicted molar refractivity (Wildman–Crippen MR) is 112 cm³/mol. The van der Waals surface area contributed by atoms with Crippen molar-refractivity contribution in [1.29, 1.82) is 0 Å². The van der Waals surface area contributed by atoms with Crippen molar-refractivity contribution in [2.24, 2.45) is 5.73 Å². The molecule has 3 aromatic heterocycles. The molecule has 0 radical (unpaired) electrons. The number of aromatic nitrogens is 3. The van der Waals surface area contributed by atoms with Gasteiger partial charge in [0.2, 0.25) is 5.88 Å². The van der Waals surface area contributed by atoms with Gasteiger partial charge in [0.05, 0.1) is 34.8 Å². The molecule has 0 bridgehead atoms. The Labute approximate surface area is 166 Å². The van der Waals surface area contributed by atoms with Crippen LogP contribution in [0.5, 0.6) is 5.88 Å². The van der Waals surface area contributed by atoms with Crippen molar-refractivity contribution in [3.05, 3.63) is 64.2 Å². The number of hydrogen-bond acceptors (Lipinski definition) is 5. The van der Waals surface area contributed by atoms with Crippen LogP contribution in [0, 0.1) is 0 Å². The number of methoxy groups -OCH3 is 1. The molecule has 0 aliphatic carbocycles. The summed E-state index contributed by atoms with van der Waals surface area (Å²) in [5.74, 6) is 0.511. The lowest BCUT2D eigenvalue weighted by molar-refractivity contribution is 0.393. The van der Waals surface area contributed by atoms with E-state index >= 15 is 0 Å². The lowest BCUT2D eigenvalue weighted by Gasteiger charge is -2.16. The lowest BCUT2D eigenvalue weighted by atomic mass is 9.95. The Morgan fingerprint density at radius 3 is 2.66 bits per heavy atom. The normalized spacial score (nSPS) is 12.4. The number of halogens is 1. The average Bonchev–Trinajstić information content (AvgIpc) is 2.78. The maximum absolute atomic E-state index is 13.7. The number of rotatable bonds is 5. The van der Waals surface area contributed by atoms with Crippen LogP contribution in [0.25, 0.3) is 32.9 Å². The largest absolute Gasteiger partial charge is 0.481 e. The summed E-state index contributed by atoms with van der Waals surface area (Å²) in [6.45, 7) is 1.77. The van der Waals surface area contributed by atoms with Gasteiger partial charge >= 0.3 is 0 Å². The van der Waals surface area contributed by atoms with Crippen LogP contribution >= 0.6 is 0 Å². The summed E-state index contributed by atoms with van der Waals surface area (Å²) >= 11 is 0. The molecule has 1 aromatic carbocycles. The SMILES string of the molecule is COc1nc(CF)c2[nH]c(=O)c3cccnc3c2c1-c1ccc(C(C)CN)cc1. The van der Waals surface area contributed by atoms with Gasteiger partial charge < -0.3 is 15.5 Å². The Morgan fingerprint density at radius 1 is 1.24 bits per heavy atom. The van der Waals surface area contributed by atoms with Crippen molar-refractivity contribution in [2.45, 2.75) is 19.5 Å². The van der Waals surface area contributed by atoms with Crippen LogP contribution in [0.2, 0.25) is 0 Å². The van der Waals surface area contributed by atoms with E-state index < -0.39 is 6.67 Å². The van der Waals surface area contributed by atoms with Gasteiger partial charge in [0, 0.05) is 11.6 Å². The Bertz CT molecular complexity index is 1250. The highest BCUT2D eigenvalue weighted by molar-refractivity contribution is 6.12. The van der Waals surface area contributed by atoms with Crippen LogP contribution in [0.1, 0.15) is 24.1 Å². The maximum Gasteiger partial charge on any atom is 0.257 e. The molecule has 0 spiro atoms. The Kier molecular flexibility index (Phi) is 4.98. The molecule has 0 amide bonds. The zero-order valence-electron chi connectivity index (χ0n) is 16.2. The fourth-order valence-corrected chi connectivity index (χ4v) is 3.58. The molecular weight excluding hydrogens is 371 g/mol. The summed E-state index contributed by atoms with van der Waals surface area (Å²) in [5, 5.41) is 1.03. The molecule has 0 fully saturated rings. The highest BCUT2D eigenvalue weighted by Crippen LogP contribution is 2.39. The number of H-pyrrole nitrogens is 1. The first kappa shape index (κ1) is 19.0. The lowest BCUT2D eigenvalue weighted by Crippen LogP contribution is -2.11. The van der Waals surface area contributed by atoms with E-state index in [1.807, 2.05) is 24.3 Å². The van der Waals surface area contributed by atoms with Crippen LogP contribution in [-0.4, -0.2) is 28.6 Å². The molecule has 1 atom stereocenters. The fraction of sp³-hybridized carbons (Fsp3) is 0.227. The second-order valence-electron chi connectivity index (χ2n) is 6.94. The first-order valence-electron chi connectivity index (χ1n) is 9.33. The predicted octanol–water partition coefficient (Wildman–Crippen LogP) is 3.68. The summed E-state index contributed by atoms with van der Waals surface area (Å²) < 4.78 is 19.3. The van der Waals surface area contributed by atoms with Crippen LogP contribution in [-0.2, 0) is 6.67 Å². The molecule has 0 aliphatic rings. The van der Waals surface area contributed by atoms with E-state index in [2.05, 4.69) is 21.9 Å². The molecule has 3 heterocycles. The standard InChI is InChI=1S/C22H21FN4O2/c1-12(11-24)13-5-7-14(8-6-13)17-18-19-15(4-3-9-25-19)21(28)27-20(18)16(10-23)26-22(17)29-2/h3-9,12H,10-11,24H2,1-2H3,(H,27,28). The number of nitrogens with one attached hydrogen (secondary N) is 1. The third kappa shape index (κ3) is 3.13. The molecule has 4 rings (SSSR count). The number of ether oxygens (including phenoxy) is 1. The molecular formula is C22H21FN4O2. The molecule has 29 heavy (non-hydrogen) atoms. The first-order valence-corrected chi connectivity index (χ1v) is 9.33. The van der Waals surface area contributed by atoms with E-state index in [0.717, 1.165) is 11.1 Å². The Morgan fingerprint density at radius 2 is 2.00 bits per heavy atom. The molecule has 0 saturated heterocycles. The van der Waals surface area contributed by atoms with Crippen molar-refractivity contribution < 1.29 is 9.13 Å². The zero-order valence-corrected chi connectivity index (χ0v) is 16.2. The molecule has 1 unspecified atom stereocenters. The summed E-state index contributed by atoms with van der Waals surface area (Å²) in [5.41, 5.74) is 8.97. The summed E-state index contributed by atoms with van der Waals surface area (Å²) in [4.78, 5) is 24.1. The second-order valence-corrected chi connectivity index (χ2v) is 6.94. The minimum Gasteiger partial charge on any atom is -0.481 e. The smallest absolute Gasteiger partial charge is 0.257 e. The third-order valence-corrected chi connectivity index (χ3v) is 5.21. The topological polar surface area (TPSA) is 93.9 Å². The summed E-state index contributed by atoms with van der Waals surface area (Å²) in [7, 11) is 1.49. The number of aromatic amines is 1. The van der Waals surface area contributed by atoms with E-state index in [9.17, 15) is 9.18 Å². The fourth-order valence-electron chi connectivity index (χ4n) is 3.58. The number of nitrogens with two attached hydrogens (primary N) is 1. The number of benzene rings is 1. The number of fused-ring (bicyclic) bond motifs is 3. The van der Waals surface area contributed by atoms with Crippen LogP contribution in [0.4, 0.5) is 4.39 Å². The van der Waals surface area contributed by atoms with Gasteiger partial charge in [-0.25, -0.2) is 9.37 Å². The Balaban J connectivity index is 2.12. The number of nitrogens with zero attached hydrogens (tertiary/aromatic N) is 2. The van der Waals surface area contributed by atoms with Crippen LogP contribution in [0.3, 0.4) is 0 Å². The van der Waals surface area contributed by atoms with Crippen molar-refractivity contribution in [3.8, 4) is 17.0 Å². The van der Waals surface area contributed by atoms with Gasteiger partial charge in [0.25, 0.3) is 5.56 Å². The van der Waals surface area contributed by atoms with Gasteiger partial charge in [-0.15, -0.1) is 0 Å². The molecule has 0 aliphatic heterocycles. The quantitative estimate of drug-likeness (QED) is 0.505. The third-order valence-electron chi connectivity index (χ3n) is 5.21. The zero-order chi connectivity index (χ0) is 20.5. The van der Waals surface area contributed by atoms with Crippen LogP contribution in [0.15, 0.2) is 47.4 Å². The molecule has 4 aromatic rings. The summed E-state index contributed by atoms with van der Waals surface area (Å²) in [6.07, 6.45) is 1.61. The van der Waals surface area contributed by atoms with E-state index in [1.54, 1.807) is 18.3 Å². The van der Waals surface area contributed by atoms with Gasteiger partial charge in [-0.2, -0.15) is 0 Å². The van der Waals surface area contributed by atoms with Gasteiger partial charge in [-0.3, -0.25) is 9.78 Å². The molecule has 7 heteroatoms. The maximum atomic E-state index is 13.7. The minimum absolute atomic E-state index is 0.110. The van der Waals surface area contributed by atoms with Gasteiger partial charge in [0.15, 0.2) is 0 Å². The van der Waals surface area contributed by atoms with E-state index in [4.69, 9.17) is 10.5 Å². The highest BCUT2D eigenvalue weighted by Gasteiger charge is 2.21. The first-order chi connectivity index (χ1) is 14.1. The number of pyridine rings is 3. The van der Waals surface area contributed by atoms with Gasteiger partial charge in [-0.1, -0.05) is 31.2 Å². The van der Waals surface area contributed by atoms with Crippen molar-refractivity contribution in [2.75, 3.05) is 13.7 Å².